The molecule has 7 nitrogen and oxygen atoms in total. The number of carbonyl (C=O) groups excluding carboxylic acids is 2. The first-order valence-electron chi connectivity index (χ1n) is 8.81. The molecular formula is C19H24N4O3. The third-order valence-corrected chi connectivity index (χ3v) is 4.74. The van der Waals surface area contributed by atoms with Gasteiger partial charge in [0.2, 0.25) is 0 Å². The van der Waals surface area contributed by atoms with Crippen LogP contribution in [0.3, 0.4) is 0 Å². The van der Waals surface area contributed by atoms with Crippen LogP contribution in [0, 0.1) is 6.92 Å². The first-order chi connectivity index (χ1) is 12.5. The second-order valence-corrected chi connectivity index (χ2v) is 6.32. The summed E-state index contributed by atoms with van der Waals surface area (Å²) in [5.41, 5.74) is 2.23. The highest BCUT2D eigenvalue weighted by Crippen LogP contribution is 2.17. The lowest BCUT2D eigenvalue weighted by atomic mass is 10.2. The summed E-state index contributed by atoms with van der Waals surface area (Å²) in [4.78, 5) is 32.7. The molecule has 0 spiro atoms. The molecule has 1 amide bonds. The Kier molecular flexibility index (Phi) is 5.25. The molecule has 7 heteroatoms. The summed E-state index contributed by atoms with van der Waals surface area (Å²) < 4.78 is 6.89. The predicted molar refractivity (Wildman–Crippen MR) is 98.5 cm³/mol. The maximum atomic E-state index is 12.7. The Morgan fingerprint density at radius 3 is 2.38 bits per heavy atom. The Morgan fingerprint density at radius 1 is 1.12 bits per heavy atom. The normalized spacial score (nSPS) is 14.4. The predicted octanol–water partition coefficient (Wildman–Crippen LogP) is 1.87. The highest BCUT2D eigenvalue weighted by atomic mass is 16.5. The van der Waals surface area contributed by atoms with Gasteiger partial charge < -0.3 is 19.1 Å². The lowest BCUT2D eigenvalue weighted by Crippen LogP contribution is -2.49. The Balaban J connectivity index is 1.60. The van der Waals surface area contributed by atoms with E-state index in [1.54, 1.807) is 13.0 Å². The molecule has 3 heterocycles. The quantitative estimate of drug-likeness (QED) is 0.783. The number of esters is 1. The van der Waals surface area contributed by atoms with Gasteiger partial charge in [-0.2, -0.15) is 0 Å². The van der Waals surface area contributed by atoms with Crippen molar-refractivity contribution in [2.24, 2.45) is 7.05 Å². The molecule has 2 aromatic heterocycles. The molecule has 1 aliphatic heterocycles. The molecule has 138 valence electrons. The minimum atomic E-state index is -0.361. The van der Waals surface area contributed by atoms with E-state index in [0.29, 0.717) is 44.0 Å². The fourth-order valence-electron chi connectivity index (χ4n) is 3.04. The van der Waals surface area contributed by atoms with E-state index in [4.69, 9.17) is 4.74 Å². The second kappa shape index (κ2) is 7.59. The van der Waals surface area contributed by atoms with Gasteiger partial charge in [0.05, 0.1) is 12.2 Å². The van der Waals surface area contributed by atoms with Gasteiger partial charge in [0, 0.05) is 45.1 Å². The Labute approximate surface area is 153 Å². The number of anilines is 1. The van der Waals surface area contributed by atoms with Crippen LogP contribution in [0.2, 0.25) is 0 Å². The Hall–Kier alpha value is -2.83. The minimum absolute atomic E-state index is 0.0610. The summed E-state index contributed by atoms with van der Waals surface area (Å²) in [6.07, 6.45) is 1.54. The molecule has 0 N–H and O–H groups in total. The molecule has 0 radical (unpaired) electrons. The van der Waals surface area contributed by atoms with Crippen molar-refractivity contribution in [3.8, 4) is 0 Å². The van der Waals surface area contributed by atoms with Crippen LogP contribution < -0.4 is 4.90 Å². The van der Waals surface area contributed by atoms with Gasteiger partial charge in [0.1, 0.15) is 11.5 Å². The first kappa shape index (κ1) is 18.0. The number of aromatic nitrogens is 2. The van der Waals surface area contributed by atoms with Crippen molar-refractivity contribution in [3.05, 3.63) is 47.4 Å². The van der Waals surface area contributed by atoms with Crippen LogP contribution in [0.1, 0.15) is 33.5 Å². The van der Waals surface area contributed by atoms with Crippen molar-refractivity contribution < 1.29 is 14.3 Å². The number of aryl methyl sites for hydroxylation is 1. The van der Waals surface area contributed by atoms with Crippen molar-refractivity contribution in [2.45, 2.75) is 13.8 Å². The lowest BCUT2D eigenvalue weighted by molar-refractivity contribution is 0.0525. The monoisotopic (exact) mass is 356 g/mol. The maximum absolute atomic E-state index is 12.7. The molecule has 0 aromatic carbocycles. The Bertz CT molecular complexity index is 790. The van der Waals surface area contributed by atoms with Crippen molar-refractivity contribution >= 4 is 17.7 Å². The molecule has 0 saturated carbocycles. The van der Waals surface area contributed by atoms with Gasteiger partial charge in [-0.05, 0) is 38.1 Å². The number of piperazine rings is 1. The van der Waals surface area contributed by atoms with E-state index < -0.39 is 0 Å². The van der Waals surface area contributed by atoms with Crippen LogP contribution in [0.5, 0.6) is 0 Å². The van der Waals surface area contributed by atoms with Crippen LogP contribution >= 0.6 is 0 Å². The van der Waals surface area contributed by atoms with Crippen molar-refractivity contribution in [1.29, 1.82) is 0 Å². The van der Waals surface area contributed by atoms with Crippen LogP contribution in [0.15, 0.2) is 30.5 Å². The van der Waals surface area contributed by atoms with E-state index in [9.17, 15) is 9.59 Å². The van der Waals surface area contributed by atoms with Gasteiger partial charge in [-0.25, -0.2) is 9.78 Å². The fourth-order valence-corrected chi connectivity index (χ4v) is 3.04. The average Bonchev–Trinajstić information content (AvgIpc) is 3.00. The fraction of sp³-hybridized carbons (Fsp3) is 0.421. The number of hydrogen-bond donors (Lipinski definition) is 0. The van der Waals surface area contributed by atoms with Crippen LogP contribution in [0.25, 0.3) is 0 Å². The zero-order valence-electron chi connectivity index (χ0n) is 15.4. The lowest BCUT2D eigenvalue weighted by Gasteiger charge is -2.35. The second-order valence-electron chi connectivity index (χ2n) is 6.32. The van der Waals surface area contributed by atoms with Gasteiger partial charge in [0.15, 0.2) is 0 Å². The van der Waals surface area contributed by atoms with Crippen LogP contribution in [0.4, 0.5) is 5.82 Å². The summed E-state index contributed by atoms with van der Waals surface area (Å²) in [5, 5.41) is 0. The van der Waals surface area contributed by atoms with E-state index in [0.717, 1.165) is 11.5 Å². The third kappa shape index (κ3) is 3.56. The molecule has 0 unspecified atom stereocenters. The van der Waals surface area contributed by atoms with E-state index >= 15 is 0 Å². The molecule has 3 rings (SSSR count). The standard InChI is InChI=1S/C19H24N4O3/c1-4-26-19(25)15-6-8-17(20-13-15)22-9-11-23(12-10-22)18(24)16-7-5-14(2)21(16)3/h5-8,13H,4,9-12H2,1-3H3. The van der Waals surface area contributed by atoms with Gasteiger partial charge >= 0.3 is 5.97 Å². The molecule has 26 heavy (non-hydrogen) atoms. The molecular weight excluding hydrogens is 332 g/mol. The van der Waals surface area contributed by atoms with E-state index in [-0.39, 0.29) is 11.9 Å². The van der Waals surface area contributed by atoms with Crippen molar-refractivity contribution in [1.82, 2.24) is 14.5 Å². The molecule has 1 aliphatic rings. The van der Waals surface area contributed by atoms with Crippen molar-refractivity contribution in [3.63, 3.8) is 0 Å². The van der Waals surface area contributed by atoms with Crippen molar-refractivity contribution in [2.75, 3.05) is 37.7 Å². The Morgan fingerprint density at radius 2 is 1.85 bits per heavy atom. The third-order valence-electron chi connectivity index (χ3n) is 4.74. The number of carbonyl (C=O) groups is 2. The molecule has 1 fully saturated rings. The maximum Gasteiger partial charge on any atom is 0.339 e. The zero-order chi connectivity index (χ0) is 18.7. The van der Waals surface area contributed by atoms with Gasteiger partial charge in [-0.15, -0.1) is 0 Å². The van der Waals surface area contributed by atoms with E-state index in [1.807, 2.05) is 41.6 Å². The largest absolute Gasteiger partial charge is 0.462 e. The van der Waals surface area contributed by atoms with E-state index in [2.05, 4.69) is 9.88 Å². The molecule has 1 saturated heterocycles. The number of hydrogen-bond acceptors (Lipinski definition) is 5. The first-order valence-corrected chi connectivity index (χ1v) is 8.81. The molecule has 0 aliphatic carbocycles. The zero-order valence-corrected chi connectivity index (χ0v) is 15.4. The summed E-state index contributed by atoms with van der Waals surface area (Å²) in [6.45, 7) is 6.81. The highest BCUT2D eigenvalue weighted by Gasteiger charge is 2.24. The van der Waals surface area contributed by atoms with Gasteiger partial charge in [-0.1, -0.05) is 0 Å². The van der Waals surface area contributed by atoms with Crippen LogP contribution in [-0.2, 0) is 11.8 Å². The summed E-state index contributed by atoms with van der Waals surface area (Å²) in [5.74, 6) is 0.505. The number of ether oxygens (including phenoxy) is 1. The number of amides is 1. The smallest absolute Gasteiger partial charge is 0.339 e. The highest BCUT2D eigenvalue weighted by molar-refractivity contribution is 5.93. The molecule has 0 bridgehead atoms. The summed E-state index contributed by atoms with van der Waals surface area (Å²) in [6, 6.07) is 7.38. The average molecular weight is 356 g/mol. The number of nitrogens with zero attached hydrogens (tertiary/aromatic N) is 4. The van der Waals surface area contributed by atoms with Gasteiger partial charge in [-0.3, -0.25) is 4.79 Å². The molecule has 2 aromatic rings. The summed E-state index contributed by atoms with van der Waals surface area (Å²) in [7, 11) is 1.91. The van der Waals surface area contributed by atoms with Crippen LogP contribution in [-0.4, -0.2) is 59.1 Å². The number of rotatable bonds is 4. The van der Waals surface area contributed by atoms with E-state index in [1.165, 1.54) is 6.20 Å². The molecule has 0 atom stereocenters. The summed E-state index contributed by atoms with van der Waals surface area (Å²) >= 11 is 0. The number of pyridine rings is 1. The van der Waals surface area contributed by atoms with Gasteiger partial charge in [0.25, 0.3) is 5.91 Å². The topological polar surface area (TPSA) is 67.7 Å². The minimum Gasteiger partial charge on any atom is -0.462 e. The SMILES string of the molecule is CCOC(=O)c1ccc(N2CCN(C(=O)c3ccc(C)n3C)CC2)nc1.